The Bertz CT molecular complexity index is 1230. The van der Waals surface area contributed by atoms with Crippen molar-refractivity contribution >= 4 is 34.1 Å². The van der Waals surface area contributed by atoms with Crippen LogP contribution >= 0.6 is 0 Å². The Labute approximate surface area is 196 Å². The quantitative estimate of drug-likeness (QED) is 0.529. The van der Waals surface area contributed by atoms with Crippen LogP contribution in [0.5, 0.6) is 0 Å². The molecule has 5 rings (SSSR count). The van der Waals surface area contributed by atoms with Crippen molar-refractivity contribution in [3.63, 3.8) is 0 Å². The molecule has 4 heterocycles. The lowest BCUT2D eigenvalue weighted by Gasteiger charge is -2.28. The molecule has 0 radical (unpaired) electrons. The summed E-state index contributed by atoms with van der Waals surface area (Å²) in [5, 5.41) is 5.85. The highest BCUT2D eigenvalue weighted by atomic mass is 15.1. The number of benzene rings is 1. The molecule has 33 heavy (non-hydrogen) atoms. The minimum atomic E-state index is 0.725. The van der Waals surface area contributed by atoms with Crippen LogP contribution in [0.4, 0.5) is 5.82 Å². The van der Waals surface area contributed by atoms with E-state index in [0.29, 0.717) is 0 Å². The molecule has 0 bridgehead atoms. The molecule has 1 fully saturated rings. The molecule has 3 aromatic rings. The van der Waals surface area contributed by atoms with Gasteiger partial charge in [0.05, 0.1) is 0 Å². The summed E-state index contributed by atoms with van der Waals surface area (Å²) in [6.45, 7) is 4.43. The average molecular weight is 438 g/mol. The van der Waals surface area contributed by atoms with Gasteiger partial charge in [0.15, 0.2) is 0 Å². The smallest absolute Gasteiger partial charge is 0.130 e. The number of aromatic nitrogens is 2. The molecule has 0 saturated carbocycles. The first-order valence-electron chi connectivity index (χ1n) is 11.9. The molecule has 1 aromatic carbocycles. The largest absolute Gasteiger partial charge is 0.340 e. The first-order valence-corrected chi connectivity index (χ1v) is 11.9. The molecule has 0 spiro atoms. The maximum absolute atomic E-state index is 4.66. The highest BCUT2D eigenvalue weighted by Gasteiger charge is 2.18. The van der Waals surface area contributed by atoms with E-state index in [4.69, 9.17) is 0 Å². The first-order chi connectivity index (χ1) is 16.2. The van der Waals surface area contributed by atoms with Crippen molar-refractivity contribution in [1.82, 2.24) is 14.9 Å². The number of piperidine rings is 1. The average Bonchev–Trinajstić information content (AvgIpc) is 3.39. The van der Waals surface area contributed by atoms with Gasteiger partial charge in [0.25, 0.3) is 0 Å². The molecule has 1 saturated heterocycles. The Kier molecular flexibility index (Phi) is 6.31. The van der Waals surface area contributed by atoms with Gasteiger partial charge in [-0.25, -0.2) is 4.98 Å². The second-order valence-electron chi connectivity index (χ2n) is 9.14. The number of hydrogen-bond acceptors (Lipinski definition) is 5. The maximum Gasteiger partial charge on any atom is 0.130 e. The zero-order valence-electron chi connectivity index (χ0n) is 19.5. The highest BCUT2D eigenvalue weighted by Crippen LogP contribution is 2.27. The third-order valence-corrected chi connectivity index (χ3v) is 6.75. The summed E-state index contributed by atoms with van der Waals surface area (Å²) in [6.07, 6.45) is 14.3. The molecule has 168 valence electrons. The molecule has 1 N–H and O–H groups in total. The fourth-order valence-corrected chi connectivity index (χ4v) is 4.72. The lowest BCUT2D eigenvalue weighted by molar-refractivity contribution is 0.218. The Morgan fingerprint density at radius 3 is 2.76 bits per heavy atom. The molecule has 2 aliphatic heterocycles. The fourth-order valence-electron chi connectivity index (χ4n) is 4.72. The van der Waals surface area contributed by atoms with Gasteiger partial charge < -0.3 is 10.2 Å². The molecule has 5 heteroatoms. The van der Waals surface area contributed by atoms with Gasteiger partial charge in [-0.3, -0.25) is 9.98 Å². The first kappa shape index (κ1) is 21.5. The normalized spacial score (nSPS) is 17.5. The molecule has 0 amide bonds. The Balaban J connectivity index is 1.33. The van der Waals surface area contributed by atoms with E-state index in [1.54, 1.807) is 0 Å². The summed E-state index contributed by atoms with van der Waals surface area (Å²) >= 11 is 0. The van der Waals surface area contributed by atoms with Gasteiger partial charge in [-0.2, -0.15) is 0 Å². The van der Waals surface area contributed by atoms with Crippen molar-refractivity contribution in [3.8, 4) is 0 Å². The number of likely N-dealkylation sites (tertiary alicyclic amines) is 1. The van der Waals surface area contributed by atoms with Gasteiger partial charge in [0, 0.05) is 53.6 Å². The van der Waals surface area contributed by atoms with Crippen LogP contribution in [0.2, 0.25) is 0 Å². The predicted molar refractivity (Wildman–Crippen MR) is 138 cm³/mol. The minimum absolute atomic E-state index is 0.725. The molecule has 0 aliphatic carbocycles. The number of nitrogens with zero attached hydrogens (tertiary/aromatic N) is 4. The highest BCUT2D eigenvalue weighted by molar-refractivity contribution is 5.91. The van der Waals surface area contributed by atoms with E-state index in [1.807, 2.05) is 24.8 Å². The Hall–Kier alpha value is -3.31. The molecule has 5 nitrogen and oxygen atoms in total. The summed E-state index contributed by atoms with van der Waals surface area (Å²) in [5.74, 6) is 1.57. The zero-order chi connectivity index (χ0) is 22.6. The van der Waals surface area contributed by atoms with Crippen molar-refractivity contribution in [1.29, 1.82) is 0 Å². The minimum Gasteiger partial charge on any atom is -0.340 e. The van der Waals surface area contributed by atoms with E-state index in [1.165, 1.54) is 48.1 Å². The van der Waals surface area contributed by atoms with Crippen molar-refractivity contribution in [2.24, 2.45) is 10.9 Å². The lowest BCUT2D eigenvalue weighted by Crippen LogP contribution is -2.31. The second kappa shape index (κ2) is 9.67. The maximum atomic E-state index is 4.66. The number of fused-ring (bicyclic) bond motifs is 1. The van der Waals surface area contributed by atoms with Crippen LogP contribution in [0.1, 0.15) is 43.0 Å². The van der Waals surface area contributed by atoms with Crippen molar-refractivity contribution in [3.05, 3.63) is 77.9 Å². The van der Waals surface area contributed by atoms with Crippen LogP contribution in [0, 0.1) is 5.92 Å². The summed E-state index contributed by atoms with van der Waals surface area (Å²) in [5.41, 5.74) is 5.85. The number of anilines is 1. The summed E-state index contributed by atoms with van der Waals surface area (Å²) in [4.78, 5) is 16.0. The Morgan fingerprint density at radius 2 is 1.97 bits per heavy atom. The van der Waals surface area contributed by atoms with Gasteiger partial charge in [0.1, 0.15) is 5.82 Å². The van der Waals surface area contributed by atoms with Gasteiger partial charge in [-0.1, -0.05) is 18.2 Å². The molecular weight excluding hydrogens is 406 g/mol. The molecule has 2 aromatic heterocycles. The van der Waals surface area contributed by atoms with Crippen LogP contribution in [0.3, 0.4) is 0 Å². The van der Waals surface area contributed by atoms with Crippen molar-refractivity contribution in [2.75, 3.05) is 25.5 Å². The fraction of sp³-hybridized carbons (Fsp3) is 0.321. The summed E-state index contributed by atoms with van der Waals surface area (Å²) in [6, 6.07) is 12.9. The molecular formula is C28H31N5. The third kappa shape index (κ3) is 5.04. The van der Waals surface area contributed by atoms with Crippen LogP contribution in [0.15, 0.2) is 66.1 Å². The van der Waals surface area contributed by atoms with Gasteiger partial charge in [-0.15, -0.1) is 0 Å². The molecule has 0 atom stereocenters. The molecule has 0 unspecified atom stereocenters. The number of hydrogen-bond donors (Lipinski definition) is 1. The van der Waals surface area contributed by atoms with Crippen LogP contribution in [-0.2, 0) is 6.42 Å². The number of rotatable bonds is 6. The monoisotopic (exact) mass is 437 g/mol. The van der Waals surface area contributed by atoms with E-state index in [9.17, 15) is 0 Å². The van der Waals surface area contributed by atoms with Crippen LogP contribution in [-0.4, -0.2) is 41.2 Å². The third-order valence-electron chi connectivity index (χ3n) is 6.75. The number of nitrogens with one attached hydrogen (secondary N) is 1. The lowest BCUT2D eigenvalue weighted by atomic mass is 9.92. The SMILES string of the molecule is C/C=C(/Nc1cc2cc(C3=CN=CC3)ccc2cn1)c1ccnc(CC2CCN(C)CC2)c1. The topological polar surface area (TPSA) is 53.4 Å². The standard InChI is InChI=1S/C28H31N5/c1-3-27(22-7-11-30-26(16-22)14-20-8-12-33(2)13-9-20)32-28-17-25-15-21(24-6-10-29-18-24)4-5-23(25)19-31-28/h3-5,7,10-11,15-20H,6,8-9,12-14H2,1-2H3,(H,31,32)/b27-3+. The van der Waals surface area contributed by atoms with E-state index >= 15 is 0 Å². The van der Waals surface area contributed by atoms with Crippen LogP contribution in [0.25, 0.3) is 22.0 Å². The van der Waals surface area contributed by atoms with E-state index in [-0.39, 0.29) is 0 Å². The molecule has 2 aliphatic rings. The van der Waals surface area contributed by atoms with Crippen LogP contribution < -0.4 is 5.32 Å². The van der Waals surface area contributed by atoms with E-state index < -0.39 is 0 Å². The van der Waals surface area contributed by atoms with Gasteiger partial charge >= 0.3 is 0 Å². The van der Waals surface area contributed by atoms with Gasteiger partial charge in [0.2, 0.25) is 0 Å². The number of allylic oxidation sites excluding steroid dienone is 2. The summed E-state index contributed by atoms with van der Waals surface area (Å²) in [7, 11) is 2.21. The van der Waals surface area contributed by atoms with E-state index in [2.05, 4.69) is 81.6 Å². The van der Waals surface area contributed by atoms with E-state index in [0.717, 1.165) is 41.2 Å². The van der Waals surface area contributed by atoms with Gasteiger partial charge in [-0.05, 0) is 93.0 Å². The Morgan fingerprint density at radius 1 is 1.09 bits per heavy atom. The predicted octanol–water partition coefficient (Wildman–Crippen LogP) is 5.80. The van der Waals surface area contributed by atoms with Crippen molar-refractivity contribution in [2.45, 2.75) is 32.6 Å². The number of pyridine rings is 2. The summed E-state index contributed by atoms with van der Waals surface area (Å²) < 4.78 is 0. The zero-order valence-corrected chi connectivity index (χ0v) is 19.5. The number of aliphatic imine (C=N–C) groups is 1. The van der Waals surface area contributed by atoms with Crippen molar-refractivity contribution < 1.29 is 0 Å². The second-order valence-corrected chi connectivity index (χ2v) is 9.14.